The number of hydrogen-bond acceptors (Lipinski definition) is 1. The maximum absolute atomic E-state index is 9.09. The van der Waals surface area contributed by atoms with Crippen LogP contribution in [0.3, 0.4) is 0 Å². The molecule has 2 heteroatoms. The van der Waals surface area contributed by atoms with Crippen LogP contribution >= 0.6 is 15.9 Å². The van der Waals surface area contributed by atoms with Gasteiger partial charge >= 0.3 is 0 Å². The second kappa shape index (κ2) is 19.5. The number of unbranched alkanes of at least 4 members (excludes halogenated alkanes) is 16. The molecule has 0 heterocycles. The Morgan fingerprint density at radius 1 is 0.545 bits per heavy atom. The van der Waals surface area contributed by atoms with Gasteiger partial charge in [-0.05, 0) is 12.8 Å². The van der Waals surface area contributed by atoms with Crippen LogP contribution < -0.4 is 0 Å². The first-order valence-corrected chi connectivity index (χ1v) is 11.0. The molecule has 22 heavy (non-hydrogen) atoms. The highest BCUT2D eigenvalue weighted by molar-refractivity contribution is 9.09. The van der Waals surface area contributed by atoms with Crippen molar-refractivity contribution in [1.82, 2.24) is 0 Å². The third-order valence-electron chi connectivity index (χ3n) is 4.55. The van der Waals surface area contributed by atoms with Crippen molar-refractivity contribution in [1.29, 1.82) is 0 Å². The molecule has 134 valence electrons. The highest BCUT2D eigenvalue weighted by atomic mass is 79.9. The first-order chi connectivity index (χ1) is 10.8. The van der Waals surface area contributed by atoms with Gasteiger partial charge in [0.25, 0.3) is 0 Å². The van der Waals surface area contributed by atoms with Crippen LogP contribution in [0.2, 0.25) is 0 Å². The lowest BCUT2D eigenvalue weighted by atomic mass is 10.0. The zero-order valence-electron chi connectivity index (χ0n) is 15.1. The van der Waals surface area contributed by atoms with Crippen molar-refractivity contribution in [2.45, 2.75) is 128 Å². The molecule has 0 amide bonds. The Hall–Kier alpha value is 0.440. The van der Waals surface area contributed by atoms with Gasteiger partial charge in [0.1, 0.15) is 5.01 Å². The fourth-order valence-electron chi connectivity index (χ4n) is 3.04. The Labute approximate surface area is 148 Å². The Morgan fingerprint density at radius 3 is 1.09 bits per heavy atom. The van der Waals surface area contributed by atoms with Gasteiger partial charge < -0.3 is 5.11 Å². The summed E-state index contributed by atoms with van der Waals surface area (Å²) in [6.07, 6.45) is 24.8. The van der Waals surface area contributed by atoms with Gasteiger partial charge in [-0.1, -0.05) is 126 Å². The summed E-state index contributed by atoms with van der Waals surface area (Å²) in [5, 5.41) is 8.81. The van der Waals surface area contributed by atoms with E-state index in [0.717, 1.165) is 12.8 Å². The molecule has 0 saturated heterocycles. The second-order valence-electron chi connectivity index (χ2n) is 6.88. The van der Waals surface area contributed by atoms with Gasteiger partial charge in [0.2, 0.25) is 0 Å². The molecule has 0 aliphatic rings. The normalized spacial score (nSPS) is 12.7. The standard InChI is InChI=1S/C20H41BrO/c1-2-3-4-5-6-7-8-9-10-11-12-13-14-15-16-17-18-19-20(21)22/h20,22H,2-19H2,1H3. The topological polar surface area (TPSA) is 20.2 Å². The van der Waals surface area contributed by atoms with Crippen molar-refractivity contribution in [2.75, 3.05) is 0 Å². The summed E-state index contributed by atoms with van der Waals surface area (Å²) in [4.78, 5) is 0. The molecule has 1 atom stereocenters. The minimum absolute atomic E-state index is 0.288. The van der Waals surface area contributed by atoms with Crippen LogP contribution in [0.4, 0.5) is 0 Å². The van der Waals surface area contributed by atoms with E-state index in [2.05, 4.69) is 22.9 Å². The van der Waals surface area contributed by atoms with Crippen LogP contribution in [-0.4, -0.2) is 10.1 Å². The molecular weight excluding hydrogens is 336 g/mol. The first kappa shape index (κ1) is 22.4. The van der Waals surface area contributed by atoms with Crippen LogP contribution in [0.1, 0.15) is 122 Å². The first-order valence-electron chi connectivity index (χ1n) is 10.1. The molecule has 0 spiro atoms. The summed E-state index contributed by atoms with van der Waals surface area (Å²) < 4.78 is 0. The van der Waals surface area contributed by atoms with Crippen LogP contribution in [-0.2, 0) is 0 Å². The maximum atomic E-state index is 9.09. The molecule has 0 aromatic rings. The minimum atomic E-state index is -0.288. The van der Waals surface area contributed by atoms with E-state index in [9.17, 15) is 0 Å². The summed E-state index contributed by atoms with van der Waals surface area (Å²) in [5.74, 6) is 0. The highest BCUT2D eigenvalue weighted by Gasteiger charge is 1.97. The third kappa shape index (κ3) is 20.4. The van der Waals surface area contributed by atoms with E-state index in [1.54, 1.807) is 0 Å². The average Bonchev–Trinajstić information content (AvgIpc) is 2.50. The van der Waals surface area contributed by atoms with E-state index in [0.29, 0.717) is 0 Å². The fourth-order valence-corrected chi connectivity index (χ4v) is 3.36. The Bertz CT molecular complexity index is 194. The van der Waals surface area contributed by atoms with E-state index < -0.39 is 0 Å². The van der Waals surface area contributed by atoms with E-state index in [4.69, 9.17) is 5.11 Å². The Balaban J connectivity index is 2.94. The highest BCUT2D eigenvalue weighted by Crippen LogP contribution is 2.15. The average molecular weight is 377 g/mol. The summed E-state index contributed by atoms with van der Waals surface area (Å²) in [7, 11) is 0. The molecule has 0 rings (SSSR count). The van der Waals surface area contributed by atoms with Gasteiger partial charge in [0, 0.05) is 0 Å². The summed E-state index contributed by atoms with van der Waals surface area (Å²) in [6, 6.07) is 0. The van der Waals surface area contributed by atoms with Gasteiger partial charge in [0.05, 0.1) is 0 Å². The molecule has 0 aliphatic heterocycles. The zero-order valence-corrected chi connectivity index (χ0v) is 16.7. The molecule has 0 saturated carbocycles. The molecule has 0 bridgehead atoms. The predicted octanol–water partition coefficient (Wildman–Crippen LogP) is 7.74. The van der Waals surface area contributed by atoms with E-state index in [1.165, 1.54) is 103 Å². The van der Waals surface area contributed by atoms with Crippen molar-refractivity contribution >= 4 is 15.9 Å². The molecule has 0 aromatic heterocycles. The molecular formula is C20H41BrO. The minimum Gasteiger partial charge on any atom is -0.382 e. The lowest BCUT2D eigenvalue weighted by Crippen LogP contribution is -1.93. The summed E-state index contributed by atoms with van der Waals surface area (Å²) >= 11 is 3.18. The number of rotatable bonds is 18. The monoisotopic (exact) mass is 376 g/mol. The van der Waals surface area contributed by atoms with E-state index in [1.807, 2.05) is 0 Å². The zero-order chi connectivity index (χ0) is 16.3. The van der Waals surface area contributed by atoms with Gasteiger partial charge in [-0.2, -0.15) is 0 Å². The van der Waals surface area contributed by atoms with Crippen molar-refractivity contribution in [3.8, 4) is 0 Å². The van der Waals surface area contributed by atoms with Gasteiger partial charge in [0.15, 0.2) is 0 Å². The van der Waals surface area contributed by atoms with Crippen molar-refractivity contribution in [3.05, 3.63) is 0 Å². The number of alkyl halides is 1. The van der Waals surface area contributed by atoms with Crippen LogP contribution in [0.15, 0.2) is 0 Å². The van der Waals surface area contributed by atoms with Gasteiger partial charge in [-0.3, -0.25) is 0 Å². The lowest BCUT2D eigenvalue weighted by Gasteiger charge is -2.04. The molecule has 1 N–H and O–H groups in total. The molecule has 0 radical (unpaired) electrons. The number of halogens is 1. The summed E-state index contributed by atoms with van der Waals surface area (Å²) in [6.45, 7) is 2.29. The number of hydrogen-bond donors (Lipinski definition) is 1. The van der Waals surface area contributed by atoms with Crippen molar-refractivity contribution in [2.24, 2.45) is 0 Å². The fraction of sp³-hybridized carbons (Fsp3) is 1.00. The molecule has 1 unspecified atom stereocenters. The van der Waals surface area contributed by atoms with Gasteiger partial charge in [-0.15, -0.1) is 0 Å². The molecule has 0 fully saturated rings. The quantitative estimate of drug-likeness (QED) is 0.191. The van der Waals surface area contributed by atoms with Crippen molar-refractivity contribution in [3.63, 3.8) is 0 Å². The predicted molar refractivity (Wildman–Crippen MR) is 104 cm³/mol. The number of aliphatic hydroxyl groups is 1. The van der Waals surface area contributed by atoms with E-state index >= 15 is 0 Å². The third-order valence-corrected chi connectivity index (χ3v) is 5.00. The molecule has 0 aliphatic carbocycles. The molecule has 0 aromatic carbocycles. The smallest absolute Gasteiger partial charge is 0.109 e. The van der Waals surface area contributed by atoms with E-state index in [-0.39, 0.29) is 5.01 Å². The van der Waals surface area contributed by atoms with Crippen LogP contribution in [0.25, 0.3) is 0 Å². The van der Waals surface area contributed by atoms with Crippen molar-refractivity contribution < 1.29 is 5.11 Å². The Kier molecular flexibility index (Phi) is 19.9. The summed E-state index contributed by atoms with van der Waals surface area (Å²) in [5.41, 5.74) is 0. The number of aliphatic hydroxyl groups excluding tert-OH is 1. The largest absolute Gasteiger partial charge is 0.382 e. The van der Waals surface area contributed by atoms with Crippen LogP contribution in [0, 0.1) is 0 Å². The SMILES string of the molecule is CCCCCCCCCCCCCCCCCCCC(O)Br. The molecule has 1 nitrogen and oxygen atoms in total. The maximum Gasteiger partial charge on any atom is 0.109 e. The Morgan fingerprint density at radius 2 is 0.818 bits per heavy atom. The lowest BCUT2D eigenvalue weighted by molar-refractivity contribution is 0.254. The second-order valence-corrected chi connectivity index (χ2v) is 7.94. The van der Waals surface area contributed by atoms with Gasteiger partial charge in [-0.25, -0.2) is 0 Å². The van der Waals surface area contributed by atoms with Crippen LogP contribution in [0.5, 0.6) is 0 Å².